The van der Waals surface area contributed by atoms with E-state index >= 15 is 0 Å². The van der Waals surface area contributed by atoms with Crippen LogP contribution in [0.1, 0.15) is 25.0 Å². The van der Waals surface area contributed by atoms with Crippen molar-refractivity contribution in [2.24, 2.45) is 0 Å². The third kappa shape index (κ3) is 1.86. The third-order valence-corrected chi connectivity index (χ3v) is 3.22. The molecule has 0 spiro atoms. The fourth-order valence-corrected chi connectivity index (χ4v) is 2.54. The molecule has 1 heterocycles. The first-order valence-corrected chi connectivity index (χ1v) is 5.79. The molecule has 1 aliphatic heterocycles. The zero-order valence-electron chi connectivity index (χ0n) is 9.88. The first kappa shape index (κ1) is 10.5. The molecule has 0 saturated heterocycles. The van der Waals surface area contributed by atoms with Gasteiger partial charge in [-0.1, -0.05) is 12.1 Å². The van der Waals surface area contributed by atoms with Crippen molar-refractivity contribution in [3.8, 4) is 0 Å². The standard InChI is InChI=1S/C13H20N2/c1-4-15-10(2)7-12-8-11(9-14-3)5-6-13(12)15/h5-6,8,10,14H,4,7,9H2,1-3H3. The van der Waals surface area contributed by atoms with E-state index in [9.17, 15) is 0 Å². The largest absolute Gasteiger partial charge is 0.369 e. The Hall–Kier alpha value is -1.02. The summed E-state index contributed by atoms with van der Waals surface area (Å²) in [6.45, 7) is 6.61. The minimum absolute atomic E-state index is 0.662. The maximum absolute atomic E-state index is 3.20. The average molecular weight is 204 g/mol. The van der Waals surface area contributed by atoms with Crippen LogP contribution in [0.3, 0.4) is 0 Å². The molecule has 2 heteroatoms. The molecule has 0 amide bonds. The predicted octanol–water partition coefficient (Wildman–Crippen LogP) is 2.18. The summed E-state index contributed by atoms with van der Waals surface area (Å²) in [5.41, 5.74) is 4.34. The Labute approximate surface area is 92.3 Å². The number of hydrogen-bond acceptors (Lipinski definition) is 2. The molecule has 0 bridgehead atoms. The lowest BCUT2D eigenvalue weighted by molar-refractivity contribution is 0.690. The van der Waals surface area contributed by atoms with Crippen molar-refractivity contribution in [3.63, 3.8) is 0 Å². The smallest absolute Gasteiger partial charge is 0.0402 e. The van der Waals surface area contributed by atoms with E-state index < -0.39 is 0 Å². The fourth-order valence-electron chi connectivity index (χ4n) is 2.54. The number of benzene rings is 1. The molecular weight excluding hydrogens is 184 g/mol. The lowest BCUT2D eigenvalue weighted by Crippen LogP contribution is -2.28. The van der Waals surface area contributed by atoms with E-state index in [1.165, 1.54) is 23.2 Å². The Morgan fingerprint density at radius 2 is 2.27 bits per heavy atom. The number of hydrogen-bond donors (Lipinski definition) is 1. The molecule has 2 rings (SSSR count). The maximum atomic E-state index is 3.20. The Morgan fingerprint density at radius 3 is 2.93 bits per heavy atom. The van der Waals surface area contributed by atoms with Crippen LogP contribution in [0.15, 0.2) is 18.2 Å². The highest BCUT2D eigenvalue weighted by atomic mass is 15.2. The van der Waals surface area contributed by atoms with Gasteiger partial charge in [-0.05, 0) is 44.5 Å². The van der Waals surface area contributed by atoms with Crippen molar-refractivity contribution in [2.45, 2.75) is 32.9 Å². The number of fused-ring (bicyclic) bond motifs is 1. The van der Waals surface area contributed by atoms with Crippen molar-refractivity contribution in [3.05, 3.63) is 29.3 Å². The van der Waals surface area contributed by atoms with Crippen molar-refractivity contribution >= 4 is 5.69 Å². The van der Waals surface area contributed by atoms with E-state index in [1.54, 1.807) is 0 Å². The van der Waals surface area contributed by atoms with Gasteiger partial charge in [-0.2, -0.15) is 0 Å². The molecular formula is C13H20N2. The Balaban J connectivity index is 2.29. The van der Waals surface area contributed by atoms with E-state index in [2.05, 4.69) is 42.3 Å². The van der Waals surface area contributed by atoms with Crippen LogP contribution in [0.25, 0.3) is 0 Å². The molecule has 15 heavy (non-hydrogen) atoms. The molecule has 1 unspecified atom stereocenters. The molecule has 1 N–H and O–H groups in total. The van der Waals surface area contributed by atoms with Gasteiger partial charge < -0.3 is 10.2 Å². The molecule has 0 saturated carbocycles. The van der Waals surface area contributed by atoms with Gasteiger partial charge in [0, 0.05) is 24.8 Å². The van der Waals surface area contributed by atoms with Gasteiger partial charge in [0.15, 0.2) is 0 Å². The monoisotopic (exact) mass is 204 g/mol. The van der Waals surface area contributed by atoms with Crippen LogP contribution >= 0.6 is 0 Å². The summed E-state index contributed by atoms with van der Waals surface area (Å²) < 4.78 is 0. The molecule has 1 aliphatic rings. The number of rotatable bonds is 3. The van der Waals surface area contributed by atoms with Crippen LogP contribution in [-0.2, 0) is 13.0 Å². The number of likely N-dealkylation sites (N-methyl/N-ethyl adjacent to an activating group) is 1. The summed E-state index contributed by atoms with van der Waals surface area (Å²) in [6, 6.07) is 7.51. The molecule has 0 aromatic heterocycles. The molecule has 1 atom stereocenters. The van der Waals surface area contributed by atoms with Gasteiger partial charge in [0.2, 0.25) is 0 Å². The summed E-state index contributed by atoms with van der Waals surface area (Å²) in [6.07, 6.45) is 1.20. The van der Waals surface area contributed by atoms with Crippen LogP contribution in [0, 0.1) is 0 Å². The maximum Gasteiger partial charge on any atom is 0.0402 e. The second kappa shape index (κ2) is 4.23. The molecule has 82 valence electrons. The summed E-state index contributed by atoms with van der Waals surface area (Å²) in [5.74, 6) is 0. The normalized spacial score (nSPS) is 19.4. The van der Waals surface area contributed by atoms with Gasteiger partial charge in [0.1, 0.15) is 0 Å². The van der Waals surface area contributed by atoms with Crippen LogP contribution < -0.4 is 10.2 Å². The second-order valence-corrected chi connectivity index (χ2v) is 4.33. The third-order valence-electron chi connectivity index (χ3n) is 3.22. The van der Waals surface area contributed by atoms with Crippen LogP contribution in [0.5, 0.6) is 0 Å². The van der Waals surface area contributed by atoms with Crippen LogP contribution in [0.2, 0.25) is 0 Å². The quantitative estimate of drug-likeness (QED) is 0.812. The number of anilines is 1. The van der Waals surface area contributed by atoms with E-state index in [0.29, 0.717) is 6.04 Å². The fraction of sp³-hybridized carbons (Fsp3) is 0.538. The van der Waals surface area contributed by atoms with Crippen molar-refractivity contribution in [1.29, 1.82) is 0 Å². The molecule has 0 aliphatic carbocycles. The highest BCUT2D eigenvalue weighted by Gasteiger charge is 2.24. The summed E-state index contributed by atoms with van der Waals surface area (Å²) in [4.78, 5) is 2.48. The van der Waals surface area contributed by atoms with Gasteiger partial charge >= 0.3 is 0 Å². The first-order valence-electron chi connectivity index (χ1n) is 5.79. The summed E-state index contributed by atoms with van der Waals surface area (Å²) >= 11 is 0. The van der Waals surface area contributed by atoms with Gasteiger partial charge in [0.05, 0.1) is 0 Å². The van der Waals surface area contributed by atoms with Gasteiger partial charge in [-0.3, -0.25) is 0 Å². The lowest BCUT2D eigenvalue weighted by Gasteiger charge is -2.22. The van der Waals surface area contributed by atoms with E-state index in [4.69, 9.17) is 0 Å². The van der Waals surface area contributed by atoms with Gasteiger partial charge in [-0.25, -0.2) is 0 Å². The van der Waals surface area contributed by atoms with Crippen LogP contribution in [-0.4, -0.2) is 19.6 Å². The average Bonchev–Trinajstić information content (AvgIpc) is 2.53. The Kier molecular flexibility index (Phi) is 2.96. The molecule has 0 fully saturated rings. The molecule has 1 aromatic carbocycles. The topological polar surface area (TPSA) is 15.3 Å². The summed E-state index contributed by atoms with van der Waals surface area (Å²) in [5, 5.41) is 3.20. The highest BCUT2D eigenvalue weighted by molar-refractivity contribution is 5.60. The Bertz CT molecular complexity index is 346. The van der Waals surface area contributed by atoms with E-state index in [-0.39, 0.29) is 0 Å². The Morgan fingerprint density at radius 1 is 1.47 bits per heavy atom. The minimum atomic E-state index is 0.662. The van der Waals surface area contributed by atoms with Crippen molar-refractivity contribution in [1.82, 2.24) is 5.32 Å². The molecule has 0 radical (unpaired) electrons. The highest BCUT2D eigenvalue weighted by Crippen LogP contribution is 2.32. The lowest BCUT2D eigenvalue weighted by atomic mass is 10.1. The molecule has 1 aromatic rings. The zero-order valence-corrected chi connectivity index (χ0v) is 9.88. The number of nitrogens with one attached hydrogen (secondary N) is 1. The van der Waals surface area contributed by atoms with Crippen molar-refractivity contribution < 1.29 is 0 Å². The van der Waals surface area contributed by atoms with Gasteiger partial charge in [0.25, 0.3) is 0 Å². The van der Waals surface area contributed by atoms with E-state index in [0.717, 1.165) is 13.1 Å². The van der Waals surface area contributed by atoms with Crippen molar-refractivity contribution in [2.75, 3.05) is 18.5 Å². The first-order chi connectivity index (χ1) is 7.26. The second-order valence-electron chi connectivity index (χ2n) is 4.33. The minimum Gasteiger partial charge on any atom is -0.369 e. The summed E-state index contributed by atoms with van der Waals surface area (Å²) in [7, 11) is 1.99. The SMILES string of the molecule is CCN1c2ccc(CNC)cc2CC1C. The van der Waals surface area contributed by atoms with Gasteiger partial charge in [-0.15, -0.1) is 0 Å². The molecule has 2 nitrogen and oxygen atoms in total. The predicted molar refractivity (Wildman–Crippen MR) is 65.4 cm³/mol. The number of nitrogens with zero attached hydrogens (tertiary/aromatic N) is 1. The zero-order chi connectivity index (χ0) is 10.8. The van der Waals surface area contributed by atoms with Crippen LogP contribution in [0.4, 0.5) is 5.69 Å². The van der Waals surface area contributed by atoms with E-state index in [1.807, 2.05) is 7.05 Å².